The largest absolute Gasteiger partial charge is 0.309 e. The highest BCUT2D eigenvalue weighted by atomic mass is 15.1. The lowest BCUT2D eigenvalue weighted by Crippen LogP contribution is -2.11. The Hall–Kier alpha value is -7.68. The number of aromatic nitrogens is 1. The molecule has 10 aromatic carbocycles. The van der Waals surface area contributed by atoms with Crippen molar-refractivity contribution in [2.75, 3.05) is 4.90 Å². The van der Waals surface area contributed by atoms with E-state index in [1.54, 1.807) is 0 Å². The molecule has 0 spiro atoms. The van der Waals surface area contributed by atoms with E-state index in [-0.39, 0.29) is 0 Å². The number of para-hydroxylation sites is 4. The van der Waals surface area contributed by atoms with Crippen LogP contribution in [0.2, 0.25) is 0 Å². The number of benzene rings is 10. The predicted octanol–water partition coefficient (Wildman–Crippen LogP) is 15.6. The molecule has 0 atom stereocenters. The number of nitrogens with zero attached hydrogens (tertiary/aromatic N) is 2. The molecule has 0 amide bonds. The van der Waals surface area contributed by atoms with Gasteiger partial charge in [-0.25, -0.2) is 0 Å². The average molecular weight is 739 g/mol. The Labute approximate surface area is 338 Å². The summed E-state index contributed by atoms with van der Waals surface area (Å²) in [6, 6.07) is 83.6. The van der Waals surface area contributed by atoms with Crippen LogP contribution in [0.3, 0.4) is 0 Å². The molecule has 58 heavy (non-hydrogen) atoms. The van der Waals surface area contributed by atoms with Crippen molar-refractivity contribution in [2.45, 2.75) is 0 Å². The molecule has 0 aliphatic carbocycles. The summed E-state index contributed by atoms with van der Waals surface area (Å²) in [6.45, 7) is 0. The number of rotatable bonds is 7. The summed E-state index contributed by atoms with van der Waals surface area (Å²) in [5.41, 5.74) is 14.1. The average Bonchev–Trinajstić information content (AvgIpc) is 3.64. The van der Waals surface area contributed by atoms with E-state index in [0.29, 0.717) is 0 Å². The van der Waals surface area contributed by atoms with Gasteiger partial charge in [0.15, 0.2) is 0 Å². The van der Waals surface area contributed by atoms with Crippen molar-refractivity contribution < 1.29 is 0 Å². The van der Waals surface area contributed by atoms with Crippen LogP contribution in [0.25, 0.3) is 82.4 Å². The fourth-order valence-electron chi connectivity index (χ4n) is 8.91. The zero-order valence-electron chi connectivity index (χ0n) is 31.8. The second kappa shape index (κ2) is 14.1. The van der Waals surface area contributed by atoms with E-state index in [1.165, 1.54) is 82.4 Å². The smallest absolute Gasteiger partial charge is 0.0541 e. The van der Waals surface area contributed by atoms with Crippen molar-refractivity contribution in [1.82, 2.24) is 4.57 Å². The maximum Gasteiger partial charge on any atom is 0.0541 e. The minimum absolute atomic E-state index is 1.10. The lowest BCUT2D eigenvalue weighted by Gasteiger charge is -2.29. The van der Waals surface area contributed by atoms with E-state index in [2.05, 4.69) is 240 Å². The van der Waals surface area contributed by atoms with Crippen LogP contribution in [-0.2, 0) is 0 Å². The van der Waals surface area contributed by atoms with Gasteiger partial charge in [-0.05, 0) is 80.9 Å². The Morgan fingerprint density at radius 1 is 0.276 bits per heavy atom. The van der Waals surface area contributed by atoms with Gasteiger partial charge in [-0.2, -0.15) is 0 Å². The highest BCUT2D eigenvalue weighted by Gasteiger charge is 2.20. The molecule has 0 unspecified atom stereocenters. The van der Waals surface area contributed by atoms with Gasteiger partial charge in [0.05, 0.1) is 28.1 Å². The van der Waals surface area contributed by atoms with E-state index in [0.717, 1.165) is 17.1 Å². The number of hydrogen-bond donors (Lipinski definition) is 0. The predicted molar refractivity (Wildman–Crippen MR) is 247 cm³/mol. The summed E-state index contributed by atoms with van der Waals surface area (Å²) >= 11 is 0. The molecule has 0 bridgehead atoms. The summed E-state index contributed by atoms with van der Waals surface area (Å²) in [6.07, 6.45) is 0. The van der Waals surface area contributed by atoms with Crippen molar-refractivity contribution in [2.24, 2.45) is 0 Å². The van der Waals surface area contributed by atoms with E-state index >= 15 is 0 Å². The first-order chi connectivity index (χ1) is 28.8. The Bertz CT molecular complexity index is 3220. The third-order valence-electron chi connectivity index (χ3n) is 11.6. The van der Waals surface area contributed by atoms with Crippen LogP contribution < -0.4 is 4.90 Å². The van der Waals surface area contributed by atoms with Gasteiger partial charge in [0.1, 0.15) is 0 Å². The zero-order chi connectivity index (χ0) is 38.4. The van der Waals surface area contributed by atoms with Crippen molar-refractivity contribution >= 4 is 60.4 Å². The van der Waals surface area contributed by atoms with Gasteiger partial charge in [0.2, 0.25) is 0 Å². The van der Waals surface area contributed by atoms with E-state index in [4.69, 9.17) is 0 Å². The van der Waals surface area contributed by atoms with Gasteiger partial charge in [0, 0.05) is 33.0 Å². The van der Waals surface area contributed by atoms with Crippen LogP contribution in [-0.4, -0.2) is 4.57 Å². The summed E-state index contributed by atoms with van der Waals surface area (Å²) < 4.78 is 2.41. The molecule has 0 aliphatic rings. The molecule has 1 aromatic heterocycles. The first-order valence-electron chi connectivity index (χ1n) is 19.9. The molecule has 0 radical (unpaired) electrons. The molecule has 0 saturated carbocycles. The molecule has 0 N–H and O–H groups in total. The van der Waals surface area contributed by atoms with Crippen LogP contribution in [0.15, 0.2) is 231 Å². The molecule has 0 saturated heterocycles. The molecule has 1 heterocycles. The molecule has 0 fully saturated rings. The molecule has 2 heteroatoms. The van der Waals surface area contributed by atoms with Crippen LogP contribution >= 0.6 is 0 Å². The van der Waals surface area contributed by atoms with Crippen LogP contribution in [0.4, 0.5) is 17.1 Å². The quantitative estimate of drug-likeness (QED) is 0.158. The highest BCUT2D eigenvalue weighted by molar-refractivity contribution is 6.10. The lowest BCUT2D eigenvalue weighted by molar-refractivity contribution is 1.18. The van der Waals surface area contributed by atoms with Crippen molar-refractivity contribution in [3.05, 3.63) is 231 Å². The van der Waals surface area contributed by atoms with Gasteiger partial charge in [-0.15, -0.1) is 0 Å². The van der Waals surface area contributed by atoms with Gasteiger partial charge >= 0.3 is 0 Å². The first kappa shape index (κ1) is 33.6. The van der Waals surface area contributed by atoms with Gasteiger partial charge in [-0.1, -0.05) is 188 Å². The van der Waals surface area contributed by atoms with E-state index < -0.39 is 0 Å². The van der Waals surface area contributed by atoms with E-state index in [9.17, 15) is 0 Å². The maximum absolute atomic E-state index is 2.43. The molecule has 11 rings (SSSR count). The van der Waals surface area contributed by atoms with E-state index in [1.807, 2.05) is 0 Å². The van der Waals surface area contributed by atoms with Crippen LogP contribution in [0.1, 0.15) is 0 Å². The highest BCUT2D eigenvalue weighted by Crippen LogP contribution is 2.45. The summed E-state index contributed by atoms with van der Waals surface area (Å²) in [5.74, 6) is 0. The summed E-state index contributed by atoms with van der Waals surface area (Å²) in [4.78, 5) is 2.43. The number of fused-ring (bicyclic) bond motifs is 5. The minimum Gasteiger partial charge on any atom is -0.309 e. The van der Waals surface area contributed by atoms with Crippen LogP contribution in [0.5, 0.6) is 0 Å². The Morgan fingerprint density at radius 3 is 1.43 bits per heavy atom. The van der Waals surface area contributed by atoms with Gasteiger partial charge < -0.3 is 9.47 Å². The second-order valence-corrected chi connectivity index (χ2v) is 14.9. The van der Waals surface area contributed by atoms with Gasteiger partial charge in [0.25, 0.3) is 0 Å². The Kier molecular flexibility index (Phi) is 8.19. The summed E-state index contributed by atoms with van der Waals surface area (Å²) in [5, 5.41) is 7.43. The molecule has 0 aliphatic heterocycles. The molecule has 272 valence electrons. The lowest BCUT2D eigenvalue weighted by atomic mass is 9.95. The number of hydrogen-bond acceptors (Lipinski definition) is 1. The standard InChI is InChI=1S/C56H38N2/c1-3-19-45-41(15-1)17-13-25-48(45)49-22-6-10-27-54(49)57(52-30-14-18-42-16-2-4-20-46(42)52)44-37-35-40(36-38-44)39-31-33-43(34-32-39)47-21-5-9-26-53(47)58-55-28-11-7-23-50(55)51-24-8-12-29-56(51)58/h1-38H. The molecule has 11 aromatic rings. The van der Waals surface area contributed by atoms with Crippen molar-refractivity contribution in [1.29, 1.82) is 0 Å². The second-order valence-electron chi connectivity index (χ2n) is 14.9. The maximum atomic E-state index is 2.43. The van der Waals surface area contributed by atoms with Crippen LogP contribution in [0, 0.1) is 0 Å². The summed E-state index contributed by atoms with van der Waals surface area (Å²) in [7, 11) is 0. The monoisotopic (exact) mass is 738 g/mol. The molecular weight excluding hydrogens is 701 g/mol. The normalized spacial score (nSPS) is 11.4. The first-order valence-corrected chi connectivity index (χ1v) is 19.9. The Morgan fingerprint density at radius 2 is 0.724 bits per heavy atom. The van der Waals surface area contributed by atoms with Crippen molar-refractivity contribution in [3.8, 4) is 39.1 Å². The fraction of sp³-hybridized carbons (Fsp3) is 0. The Balaban J connectivity index is 0.994. The topological polar surface area (TPSA) is 8.17 Å². The molecule has 2 nitrogen and oxygen atoms in total. The molecular formula is C56H38N2. The third-order valence-corrected chi connectivity index (χ3v) is 11.6. The third kappa shape index (κ3) is 5.66. The SMILES string of the molecule is c1ccc(N(c2ccc(-c3ccc(-c4ccccc4-n4c5ccccc5c5ccccc54)cc3)cc2)c2cccc3ccccc23)c(-c2cccc3ccccc23)c1. The zero-order valence-corrected chi connectivity index (χ0v) is 31.8. The van der Waals surface area contributed by atoms with Crippen molar-refractivity contribution in [3.63, 3.8) is 0 Å². The fourth-order valence-corrected chi connectivity index (χ4v) is 8.91. The minimum atomic E-state index is 1.10. The number of anilines is 3. The van der Waals surface area contributed by atoms with Gasteiger partial charge in [-0.3, -0.25) is 0 Å².